The van der Waals surface area contributed by atoms with Gasteiger partial charge in [-0.3, -0.25) is 0 Å². The molecule has 100 valence electrons. The molecule has 0 radical (unpaired) electrons. The van der Waals surface area contributed by atoms with Crippen molar-refractivity contribution >= 4 is 11.8 Å². The van der Waals surface area contributed by atoms with Crippen molar-refractivity contribution in [1.29, 1.82) is 0 Å². The summed E-state index contributed by atoms with van der Waals surface area (Å²) < 4.78 is 77.6. The summed E-state index contributed by atoms with van der Waals surface area (Å²) in [5.41, 5.74) is -1.43. The lowest BCUT2D eigenvalue weighted by Gasteiger charge is -2.13. The summed E-state index contributed by atoms with van der Waals surface area (Å²) in [6.45, 7) is 3.00. The van der Waals surface area contributed by atoms with Crippen LogP contribution in [0, 0.1) is 0 Å². The molecule has 0 unspecified atom stereocenters. The summed E-state index contributed by atoms with van der Waals surface area (Å²) >= 11 is 0.724. The summed E-state index contributed by atoms with van der Waals surface area (Å²) in [4.78, 5) is 0. The van der Waals surface area contributed by atoms with Gasteiger partial charge in [0.1, 0.15) is 0 Å². The Balaban J connectivity index is 5.60. The second-order valence-electron chi connectivity index (χ2n) is 2.65. The van der Waals surface area contributed by atoms with Crippen LogP contribution >= 0.6 is 11.8 Å². The van der Waals surface area contributed by atoms with Crippen molar-refractivity contribution in [2.24, 2.45) is 0 Å². The van der Waals surface area contributed by atoms with Crippen LogP contribution in [0.5, 0.6) is 0 Å². The van der Waals surface area contributed by atoms with E-state index in [0.29, 0.717) is 0 Å². The van der Waals surface area contributed by atoms with E-state index in [1.807, 2.05) is 0 Å². The molecule has 8 heteroatoms. The van der Waals surface area contributed by atoms with Crippen molar-refractivity contribution in [1.82, 2.24) is 0 Å². The van der Waals surface area contributed by atoms with Crippen LogP contribution in [0.25, 0.3) is 0 Å². The van der Waals surface area contributed by atoms with Crippen molar-refractivity contribution in [2.75, 3.05) is 12.4 Å². The number of ether oxygens (including phenoxy) is 1. The first-order chi connectivity index (χ1) is 7.62. The third-order valence-electron chi connectivity index (χ3n) is 1.34. The first-order valence-corrected chi connectivity index (χ1v) is 5.52. The Labute approximate surface area is 98.5 Å². The van der Waals surface area contributed by atoms with Crippen LogP contribution in [-0.2, 0) is 4.74 Å². The van der Waals surface area contributed by atoms with Crippen LogP contribution in [0.1, 0.15) is 13.8 Å². The average molecular weight is 280 g/mol. The van der Waals surface area contributed by atoms with Crippen molar-refractivity contribution < 1.29 is 31.1 Å². The monoisotopic (exact) mass is 280 g/mol. The Bertz CT molecular complexity index is 286. The molecule has 0 rings (SSSR count). The van der Waals surface area contributed by atoms with E-state index in [0.717, 1.165) is 11.8 Å². The average Bonchev–Trinajstić information content (AvgIpc) is 2.10. The van der Waals surface area contributed by atoms with Gasteiger partial charge >= 0.3 is 12.4 Å². The molecule has 0 atom stereocenters. The first-order valence-electron chi connectivity index (χ1n) is 4.53. The Hall–Kier alpha value is -0.750. The summed E-state index contributed by atoms with van der Waals surface area (Å²) in [7, 11) is 0. The van der Waals surface area contributed by atoms with Crippen molar-refractivity contribution in [2.45, 2.75) is 26.2 Å². The normalized spacial score (nSPS) is 12.0. The molecular formula is C9H10F6OS. The minimum absolute atomic E-state index is 0.0294. The molecule has 0 aromatic rings. The molecule has 0 aromatic carbocycles. The quantitative estimate of drug-likeness (QED) is 0.432. The Morgan fingerprint density at radius 2 is 1.53 bits per heavy atom. The number of rotatable bonds is 4. The summed E-state index contributed by atoms with van der Waals surface area (Å²) in [6.07, 6.45) is -11.0. The van der Waals surface area contributed by atoms with Gasteiger partial charge in [-0.15, -0.1) is 0 Å². The van der Waals surface area contributed by atoms with Crippen LogP contribution in [-0.4, -0.2) is 24.7 Å². The zero-order valence-corrected chi connectivity index (χ0v) is 9.81. The van der Waals surface area contributed by atoms with Crippen LogP contribution in [0.15, 0.2) is 16.4 Å². The number of hydrogen-bond donors (Lipinski definition) is 0. The fourth-order valence-corrected chi connectivity index (χ4v) is 1.42. The molecule has 0 aliphatic heterocycles. The molecule has 0 aliphatic rings. The fraction of sp³-hybridized carbons (Fsp3) is 0.667. The Kier molecular flexibility index (Phi) is 5.98. The van der Waals surface area contributed by atoms with E-state index in [-0.39, 0.29) is 12.4 Å². The minimum Gasteiger partial charge on any atom is -0.481 e. The molecule has 0 aromatic heterocycles. The Morgan fingerprint density at radius 1 is 1.06 bits per heavy atom. The zero-order valence-electron chi connectivity index (χ0n) is 9.00. The zero-order chi connectivity index (χ0) is 13.7. The van der Waals surface area contributed by atoms with Gasteiger partial charge in [-0.1, -0.05) is 24.4 Å². The second-order valence-corrected chi connectivity index (χ2v) is 3.89. The van der Waals surface area contributed by atoms with Gasteiger partial charge in [0.2, 0.25) is 0 Å². The molecule has 0 N–H and O–H groups in total. The molecule has 17 heavy (non-hydrogen) atoms. The van der Waals surface area contributed by atoms with Crippen LogP contribution in [0.4, 0.5) is 26.3 Å². The fourth-order valence-electron chi connectivity index (χ4n) is 0.781. The third-order valence-corrected chi connectivity index (χ3v) is 2.12. The van der Waals surface area contributed by atoms with E-state index in [1.54, 1.807) is 6.92 Å². The lowest BCUT2D eigenvalue weighted by atomic mass is 10.3. The summed E-state index contributed by atoms with van der Waals surface area (Å²) in [6, 6.07) is 0. The highest BCUT2D eigenvalue weighted by atomic mass is 32.2. The lowest BCUT2D eigenvalue weighted by molar-refractivity contribution is -0.171. The van der Waals surface area contributed by atoms with Crippen molar-refractivity contribution in [3.8, 4) is 0 Å². The topological polar surface area (TPSA) is 9.23 Å². The smallest absolute Gasteiger partial charge is 0.428 e. The maximum absolute atomic E-state index is 12.2. The maximum Gasteiger partial charge on any atom is 0.428 e. The molecular weight excluding hydrogens is 270 g/mol. The van der Waals surface area contributed by atoms with E-state index >= 15 is 0 Å². The van der Waals surface area contributed by atoms with Gasteiger partial charge in [0.25, 0.3) is 0 Å². The van der Waals surface area contributed by atoms with Gasteiger partial charge in [0.05, 0.1) is 6.61 Å². The van der Waals surface area contributed by atoms with E-state index < -0.39 is 23.0 Å². The minimum atomic E-state index is -5.51. The van der Waals surface area contributed by atoms with Gasteiger partial charge < -0.3 is 4.74 Å². The van der Waals surface area contributed by atoms with Crippen LogP contribution in [0.2, 0.25) is 0 Å². The lowest BCUT2D eigenvalue weighted by Crippen LogP contribution is -2.25. The number of thioether (sulfide) groups is 1. The van der Waals surface area contributed by atoms with E-state index in [9.17, 15) is 26.3 Å². The standard InChI is InChI=1S/C9H10F6OS/c1-3-16-7(17-4-2)5-6(8(10,11)12)9(13,14)15/h3-4H2,1-2H3. The predicted octanol–water partition coefficient (Wildman–Crippen LogP) is 4.27. The van der Waals surface area contributed by atoms with Crippen LogP contribution < -0.4 is 0 Å². The number of alkyl halides is 6. The highest BCUT2D eigenvalue weighted by molar-refractivity contribution is 8.02. The van der Waals surface area contributed by atoms with Gasteiger partial charge in [-0.05, 0) is 12.7 Å². The van der Waals surface area contributed by atoms with Gasteiger partial charge in [-0.25, -0.2) is 0 Å². The molecule has 0 fully saturated rings. The van der Waals surface area contributed by atoms with E-state index in [2.05, 4.69) is 4.74 Å². The maximum atomic E-state index is 12.2. The molecule has 0 bridgehead atoms. The van der Waals surface area contributed by atoms with Crippen molar-refractivity contribution in [3.63, 3.8) is 0 Å². The molecule has 0 spiro atoms. The Morgan fingerprint density at radius 3 is 1.82 bits per heavy atom. The largest absolute Gasteiger partial charge is 0.481 e. The van der Waals surface area contributed by atoms with Gasteiger partial charge in [0.15, 0.2) is 10.7 Å². The third kappa shape index (κ3) is 5.93. The summed E-state index contributed by atoms with van der Waals surface area (Å²) in [5.74, 6) is 0.283. The van der Waals surface area contributed by atoms with Gasteiger partial charge in [-0.2, -0.15) is 26.3 Å². The number of allylic oxidation sites excluding steroid dienone is 1. The molecule has 0 saturated carbocycles. The predicted molar refractivity (Wildman–Crippen MR) is 52.4 cm³/mol. The molecule has 0 saturated heterocycles. The van der Waals surface area contributed by atoms with E-state index in [1.165, 1.54) is 12.7 Å². The summed E-state index contributed by atoms with van der Waals surface area (Å²) in [5, 5.41) is -0.514. The molecule has 1 nitrogen and oxygen atoms in total. The molecule has 0 aliphatic carbocycles. The second kappa shape index (κ2) is 6.26. The van der Waals surface area contributed by atoms with Crippen molar-refractivity contribution in [3.05, 3.63) is 16.4 Å². The molecule has 0 heterocycles. The van der Waals surface area contributed by atoms with Crippen LogP contribution in [0.3, 0.4) is 0 Å². The first kappa shape index (κ1) is 16.2. The number of halogens is 6. The highest BCUT2D eigenvalue weighted by Crippen LogP contribution is 2.38. The molecule has 0 amide bonds. The highest BCUT2D eigenvalue weighted by Gasteiger charge is 2.51. The SMILES string of the molecule is CCOC(=C=C(C(F)(F)F)C(F)(F)F)SCC. The van der Waals surface area contributed by atoms with E-state index in [4.69, 9.17) is 0 Å². The van der Waals surface area contributed by atoms with Gasteiger partial charge in [0, 0.05) is 0 Å². The number of hydrogen-bond acceptors (Lipinski definition) is 2.